The van der Waals surface area contributed by atoms with Gasteiger partial charge in [-0.2, -0.15) is 0 Å². The first-order chi connectivity index (χ1) is 15.6. The van der Waals surface area contributed by atoms with Crippen LogP contribution in [0.15, 0.2) is 48.5 Å². The van der Waals surface area contributed by atoms with Crippen molar-refractivity contribution in [3.05, 3.63) is 54.1 Å². The van der Waals surface area contributed by atoms with Crippen LogP contribution in [0.1, 0.15) is 77.2 Å². The lowest BCUT2D eigenvalue weighted by Crippen LogP contribution is -2.34. The second kappa shape index (κ2) is 12.1. The molecule has 174 valence electrons. The highest BCUT2D eigenvalue weighted by atomic mass is 16.5. The van der Waals surface area contributed by atoms with Crippen molar-refractivity contribution < 1.29 is 19.4 Å². The first kappa shape index (κ1) is 24.3. The van der Waals surface area contributed by atoms with Crippen LogP contribution in [-0.2, 0) is 15.1 Å². The van der Waals surface area contributed by atoms with Crippen LogP contribution in [0.4, 0.5) is 0 Å². The Labute approximate surface area is 193 Å². The Kier molecular flexibility index (Phi) is 9.16. The highest BCUT2D eigenvalue weighted by Gasteiger charge is 2.37. The van der Waals surface area contributed by atoms with Crippen LogP contribution in [0.3, 0.4) is 0 Å². The Balaban J connectivity index is 1.52. The van der Waals surface area contributed by atoms with E-state index >= 15 is 0 Å². The van der Waals surface area contributed by atoms with Gasteiger partial charge in [-0.05, 0) is 67.9 Å². The number of esters is 1. The molecule has 0 amide bonds. The third-order valence-electron chi connectivity index (χ3n) is 6.56. The maximum atomic E-state index is 12.0. The van der Waals surface area contributed by atoms with Gasteiger partial charge in [0.1, 0.15) is 5.75 Å². The van der Waals surface area contributed by atoms with Crippen LogP contribution >= 0.6 is 0 Å². The molecule has 0 saturated heterocycles. The lowest BCUT2D eigenvalue weighted by atomic mass is 9.75. The van der Waals surface area contributed by atoms with E-state index in [9.17, 15) is 9.90 Å². The van der Waals surface area contributed by atoms with E-state index in [-0.39, 0.29) is 11.9 Å². The number of benzene rings is 2. The Bertz CT molecular complexity index is 818. The van der Waals surface area contributed by atoms with Crippen LogP contribution in [0.25, 0.3) is 11.1 Å². The summed E-state index contributed by atoms with van der Waals surface area (Å²) < 4.78 is 11.0. The van der Waals surface area contributed by atoms with E-state index in [4.69, 9.17) is 9.47 Å². The first-order valence-electron chi connectivity index (χ1n) is 12.3. The fourth-order valence-electron chi connectivity index (χ4n) is 4.49. The minimum atomic E-state index is -0.865. The zero-order valence-corrected chi connectivity index (χ0v) is 19.6. The van der Waals surface area contributed by atoms with Crippen molar-refractivity contribution in [1.82, 2.24) is 0 Å². The van der Waals surface area contributed by atoms with E-state index < -0.39 is 5.60 Å². The summed E-state index contributed by atoms with van der Waals surface area (Å²) in [4.78, 5) is 12.0. The van der Waals surface area contributed by atoms with Crippen LogP contribution in [0.5, 0.6) is 5.75 Å². The van der Waals surface area contributed by atoms with E-state index in [1.54, 1.807) is 0 Å². The largest absolute Gasteiger partial charge is 0.494 e. The number of ether oxygens (including phenoxy) is 2. The molecule has 4 heteroatoms. The first-order valence-corrected chi connectivity index (χ1v) is 12.3. The average Bonchev–Trinajstić information content (AvgIpc) is 2.82. The van der Waals surface area contributed by atoms with Crippen LogP contribution in [0.2, 0.25) is 0 Å². The molecule has 0 radical (unpaired) electrons. The molecule has 1 aliphatic rings. The summed E-state index contributed by atoms with van der Waals surface area (Å²) >= 11 is 0. The van der Waals surface area contributed by atoms with Gasteiger partial charge in [0, 0.05) is 0 Å². The van der Waals surface area contributed by atoms with Crippen molar-refractivity contribution >= 4 is 5.97 Å². The van der Waals surface area contributed by atoms with Gasteiger partial charge in [-0.1, -0.05) is 69.0 Å². The van der Waals surface area contributed by atoms with E-state index in [1.807, 2.05) is 31.2 Å². The fraction of sp³-hybridized carbons (Fsp3) is 0.536. The molecule has 3 rings (SSSR count). The molecule has 0 unspecified atom stereocenters. The molecule has 0 atom stereocenters. The normalized spacial score (nSPS) is 20.7. The highest BCUT2D eigenvalue weighted by molar-refractivity contribution is 5.72. The van der Waals surface area contributed by atoms with Gasteiger partial charge in [0.05, 0.1) is 24.7 Å². The lowest BCUT2D eigenvalue weighted by molar-refractivity contribution is -0.151. The summed E-state index contributed by atoms with van der Waals surface area (Å²) in [5, 5.41) is 11.2. The third-order valence-corrected chi connectivity index (χ3v) is 6.56. The number of hydrogen-bond donors (Lipinski definition) is 1. The number of aliphatic hydroxyl groups is 1. The summed E-state index contributed by atoms with van der Waals surface area (Å²) in [6.45, 7) is 5.24. The Morgan fingerprint density at radius 3 is 2.09 bits per heavy atom. The summed E-state index contributed by atoms with van der Waals surface area (Å²) in [5.41, 5.74) is 2.30. The quantitative estimate of drug-likeness (QED) is 0.315. The minimum Gasteiger partial charge on any atom is -0.494 e. The number of unbranched alkanes of at least 4 members (excludes halogenated alkanes) is 4. The molecule has 4 nitrogen and oxygen atoms in total. The van der Waals surface area contributed by atoms with Crippen molar-refractivity contribution in [2.24, 2.45) is 5.92 Å². The van der Waals surface area contributed by atoms with Gasteiger partial charge in [0.15, 0.2) is 0 Å². The standard InChI is InChI=1S/C28H38O4/c1-3-5-6-7-8-21-32-26-15-11-23(12-16-26)22-9-13-25(14-10-22)28(30)19-17-24(18-20-28)27(29)31-4-2/h9-16,24,30H,3-8,17-21H2,1-2H3. The van der Waals surface area contributed by atoms with Gasteiger partial charge in [0.2, 0.25) is 0 Å². The molecule has 1 saturated carbocycles. The molecule has 0 aromatic heterocycles. The zero-order chi connectivity index (χ0) is 22.8. The number of carbonyl (C=O) groups is 1. The number of rotatable bonds is 11. The smallest absolute Gasteiger partial charge is 0.308 e. The van der Waals surface area contributed by atoms with Gasteiger partial charge < -0.3 is 14.6 Å². The van der Waals surface area contributed by atoms with Crippen molar-refractivity contribution in [3.63, 3.8) is 0 Å². The topological polar surface area (TPSA) is 55.8 Å². The number of hydrogen-bond acceptors (Lipinski definition) is 4. The third kappa shape index (κ3) is 6.59. The molecule has 0 heterocycles. The fourth-order valence-corrected chi connectivity index (χ4v) is 4.49. The molecular weight excluding hydrogens is 400 g/mol. The molecule has 0 bridgehead atoms. The molecule has 1 aliphatic carbocycles. The van der Waals surface area contributed by atoms with Crippen LogP contribution in [-0.4, -0.2) is 24.3 Å². The minimum absolute atomic E-state index is 0.0911. The molecule has 0 spiro atoms. The summed E-state index contributed by atoms with van der Waals surface area (Å²) in [5.74, 6) is 0.689. The average molecular weight is 439 g/mol. The van der Waals surface area contributed by atoms with Crippen molar-refractivity contribution in [2.75, 3.05) is 13.2 Å². The van der Waals surface area contributed by atoms with Gasteiger partial charge in [0.25, 0.3) is 0 Å². The van der Waals surface area contributed by atoms with Gasteiger partial charge in [-0.3, -0.25) is 4.79 Å². The van der Waals surface area contributed by atoms with Crippen molar-refractivity contribution in [1.29, 1.82) is 0 Å². The number of carbonyl (C=O) groups excluding carboxylic acids is 1. The van der Waals surface area contributed by atoms with Crippen LogP contribution in [0, 0.1) is 5.92 Å². The Morgan fingerprint density at radius 1 is 0.906 bits per heavy atom. The SMILES string of the molecule is CCCCCCCOc1ccc(-c2ccc(C3(O)CCC(C(=O)OCC)CC3)cc2)cc1. The maximum Gasteiger partial charge on any atom is 0.308 e. The maximum absolute atomic E-state index is 12.0. The second-order valence-electron chi connectivity index (χ2n) is 8.92. The van der Waals surface area contributed by atoms with E-state index in [1.165, 1.54) is 25.7 Å². The molecule has 1 fully saturated rings. The summed E-state index contributed by atoms with van der Waals surface area (Å²) in [6.07, 6.45) is 8.68. The van der Waals surface area contributed by atoms with Crippen molar-refractivity contribution in [3.8, 4) is 16.9 Å². The predicted molar refractivity (Wildman–Crippen MR) is 129 cm³/mol. The molecule has 1 N–H and O–H groups in total. The Morgan fingerprint density at radius 2 is 1.50 bits per heavy atom. The predicted octanol–water partition coefficient (Wildman–Crippen LogP) is 6.64. The van der Waals surface area contributed by atoms with E-state index in [2.05, 4.69) is 31.2 Å². The van der Waals surface area contributed by atoms with Crippen LogP contribution < -0.4 is 4.74 Å². The Hall–Kier alpha value is -2.33. The molecule has 2 aromatic carbocycles. The monoisotopic (exact) mass is 438 g/mol. The second-order valence-corrected chi connectivity index (χ2v) is 8.92. The molecule has 2 aromatic rings. The van der Waals surface area contributed by atoms with E-state index in [0.29, 0.717) is 32.3 Å². The summed E-state index contributed by atoms with van der Waals surface area (Å²) in [7, 11) is 0. The summed E-state index contributed by atoms with van der Waals surface area (Å²) in [6, 6.07) is 16.4. The van der Waals surface area contributed by atoms with Gasteiger partial charge in [-0.15, -0.1) is 0 Å². The zero-order valence-electron chi connectivity index (χ0n) is 19.6. The molecular formula is C28H38O4. The molecule has 0 aliphatic heterocycles. The van der Waals surface area contributed by atoms with E-state index in [0.717, 1.165) is 35.5 Å². The van der Waals surface area contributed by atoms with Gasteiger partial charge in [-0.25, -0.2) is 0 Å². The highest BCUT2D eigenvalue weighted by Crippen LogP contribution is 2.40. The van der Waals surface area contributed by atoms with Gasteiger partial charge >= 0.3 is 5.97 Å². The lowest BCUT2D eigenvalue weighted by Gasteiger charge is -2.35. The molecule has 32 heavy (non-hydrogen) atoms. The van der Waals surface area contributed by atoms with Crippen molar-refractivity contribution in [2.45, 2.75) is 77.2 Å².